The monoisotopic (exact) mass is 841 g/mol. The number of hydrogen-bond donors (Lipinski definition) is 5. The number of rotatable bonds is 10. The highest BCUT2D eigenvalue weighted by Gasteiger charge is 2.51. The summed E-state index contributed by atoms with van der Waals surface area (Å²) in [5.74, 6) is -2.12. The Morgan fingerprint density at radius 2 is 1.57 bits per heavy atom. The smallest absolute Gasteiger partial charge is 0.317 e. The van der Waals surface area contributed by atoms with Crippen LogP contribution in [0, 0.1) is 17.8 Å². The van der Waals surface area contributed by atoms with Gasteiger partial charge in [0.05, 0.1) is 47.6 Å². The molecule has 8 unspecified atom stereocenters. The van der Waals surface area contributed by atoms with Crippen LogP contribution >= 0.6 is 0 Å². The molecule has 3 aliphatic rings. The molecule has 3 amide bonds. The lowest BCUT2D eigenvalue weighted by Crippen LogP contribution is -2.60. The summed E-state index contributed by atoms with van der Waals surface area (Å²) in [6.07, 6.45) is -5.45. The Kier molecular flexibility index (Phi) is 16.6. The van der Waals surface area contributed by atoms with Crippen LogP contribution in [0.2, 0.25) is 0 Å². The second-order valence-corrected chi connectivity index (χ2v) is 18.4. The van der Waals surface area contributed by atoms with Gasteiger partial charge in [0.2, 0.25) is 5.91 Å². The highest BCUT2D eigenvalue weighted by Crippen LogP contribution is 2.39. The summed E-state index contributed by atoms with van der Waals surface area (Å²) in [4.78, 5) is 32.6. The van der Waals surface area contributed by atoms with Crippen LogP contribution in [0.15, 0.2) is 60.7 Å². The molecule has 2 aromatic carbocycles. The molecular formula is C46H72N4O10. The number of nitrogens with one attached hydrogen (secondary N) is 2. The Bertz CT molecular complexity index is 1650. The summed E-state index contributed by atoms with van der Waals surface area (Å²) in [6.45, 7) is 13.6. The van der Waals surface area contributed by atoms with Gasteiger partial charge in [0.1, 0.15) is 12.2 Å². The van der Waals surface area contributed by atoms with E-state index in [0.29, 0.717) is 19.4 Å². The van der Waals surface area contributed by atoms with E-state index in [2.05, 4.69) is 10.6 Å². The largest absolute Gasteiger partial charge is 0.387 e. The number of carbonyl (C=O) groups is 2. The molecule has 0 saturated carbocycles. The predicted octanol–water partition coefficient (Wildman–Crippen LogP) is 4.09. The number of aliphatic hydroxyl groups is 3. The topological polar surface area (TPSA) is 172 Å². The number of aliphatic hydroxyl groups excluding tert-OH is 2. The molecule has 5 N–H and O–H groups in total. The van der Waals surface area contributed by atoms with Gasteiger partial charge in [0, 0.05) is 45.1 Å². The molecule has 3 aliphatic heterocycles. The van der Waals surface area contributed by atoms with Gasteiger partial charge >= 0.3 is 6.03 Å². The molecule has 2 aromatic rings. The van der Waals surface area contributed by atoms with Crippen LogP contribution in [0.25, 0.3) is 0 Å². The van der Waals surface area contributed by atoms with Gasteiger partial charge in [-0.15, -0.1) is 0 Å². The third-order valence-electron chi connectivity index (χ3n) is 12.8. The molecule has 5 rings (SSSR count). The van der Waals surface area contributed by atoms with Crippen LogP contribution in [-0.2, 0) is 41.4 Å². The van der Waals surface area contributed by atoms with Gasteiger partial charge in [-0.05, 0) is 78.1 Å². The first-order valence-electron chi connectivity index (χ1n) is 21.6. The van der Waals surface area contributed by atoms with E-state index >= 15 is 0 Å². The number of nitrogens with zero attached hydrogens (tertiary/aromatic N) is 2. The Balaban J connectivity index is 1.56. The number of hydrogen-bond acceptors (Lipinski definition) is 11. The van der Waals surface area contributed by atoms with Crippen molar-refractivity contribution in [2.45, 2.75) is 153 Å². The Hall–Kier alpha value is -3.18. The van der Waals surface area contributed by atoms with Gasteiger partial charge in [-0.3, -0.25) is 4.79 Å². The highest BCUT2D eigenvalue weighted by atomic mass is 16.7. The van der Waals surface area contributed by atoms with E-state index in [9.17, 15) is 24.9 Å². The Morgan fingerprint density at radius 1 is 0.933 bits per heavy atom. The van der Waals surface area contributed by atoms with Gasteiger partial charge in [-0.1, -0.05) is 81.4 Å². The summed E-state index contributed by atoms with van der Waals surface area (Å²) in [5.41, 5.74) is -0.645. The van der Waals surface area contributed by atoms with E-state index in [-0.39, 0.29) is 55.9 Å². The second-order valence-electron chi connectivity index (χ2n) is 18.4. The van der Waals surface area contributed by atoms with Gasteiger partial charge < -0.3 is 59.4 Å². The van der Waals surface area contributed by atoms with E-state index in [1.165, 1.54) is 7.11 Å². The first kappa shape index (κ1) is 47.9. The van der Waals surface area contributed by atoms with Gasteiger partial charge in [-0.2, -0.15) is 0 Å². The van der Waals surface area contributed by atoms with E-state index in [1.807, 2.05) is 100 Å². The van der Waals surface area contributed by atoms with Crippen LogP contribution in [-0.4, -0.2) is 144 Å². The molecule has 0 aromatic heterocycles. The summed E-state index contributed by atoms with van der Waals surface area (Å²) in [6, 6.07) is 18.4. The normalized spacial score (nSPS) is 38.6. The molecule has 3 heterocycles. The molecule has 14 nitrogen and oxygen atoms in total. The molecule has 15 atom stereocenters. The third-order valence-corrected chi connectivity index (χ3v) is 12.8. The number of carbonyl (C=O) groups excluding carboxylic acids is 2. The standard InChI is InChI=1S/C46H72N4O10/c1-28-23-45(6,55)41(60-43-38(51)36(49(8)9)21-29(2)57-43)30(3)39(59-37-24-46(7,56-10)40(52)32(5)58-37)31(4)42(53)48-35(22-33-17-13-11-14-18-33)27-50(26-28)44(54)47-25-34-19-15-12-16-20-34/h11-20,28-32,35-41,43,51-52,55H,21-27H2,1-10H3,(H,47,54)(H,48,53)/t28-,29?,30?,31-,32?,35?,36?,37+,38-,39?,40+,41-,43?,45-,46?/m1/s1. The first-order valence-corrected chi connectivity index (χ1v) is 21.6. The predicted molar refractivity (Wildman–Crippen MR) is 228 cm³/mol. The molecule has 0 aliphatic carbocycles. The van der Waals surface area contributed by atoms with Gasteiger partial charge in [-0.25, -0.2) is 4.79 Å². The van der Waals surface area contributed by atoms with Crippen molar-refractivity contribution in [3.8, 4) is 0 Å². The van der Waals surface area contributed by atoms with E-state index in [1.54, 1.807) is 32.6 Å². The van der Waals surface area contributed by atoms with Crippen molar-refractivity contribution < 1.29 is 48.6 Å². The summed E-state index contributed by atoms with van der Waals surface area (Å²) in [7, 11) is 5.33. The lowest BCUT2D eigenvalue weighted by molar-refractivity contribution is -0.317. The number of urea groups is 1. The van der Waals surface area contributed by atoms with Crippen molar-refractivity contribution in [3.05, 3.63) is 71.8 Å². The van der Waals surface area contributed by atoms with Crippen LogP contribution < -0.4 is 10.6 Å². The maximum Gasteiger partial charge on any atom is 0.317 e. The maximum absolute atomic E-state index is 14.7. The van der Waals surface area contributed by atoms with Crippen molar-refractivity contribution in [3.63, 3.8) is 0 Å². The zero-order chi connectivity index (χ0) is 43.9. The van der Waals surface area contributed by atoms with Crippen LogP contribution in [0.3, 0.4) is 0 Å². The summed E-state index contributed by atoms with van der Waals surface area (Å²) >= 11 is 0. The molecule has 0 bridgehead atoms. The van der Waals surface area contributed by atoms with Crippen molar-refractivity contribution in [1.29, 1.82) is 0 Å². The number of likely N-dealkylation sites (N-methyl/N-ethyl adjacent to an activating group) is 1. The van der Waals surface area contributed by atoms with Crippen molar-refractivity contribution in [2.24, 2.45) is 17.8 Å². The first-order chi connectivity index (χ1) is 28.3. The second kappa shape index (κ2) is 20.8. The van der Waals surface area contributed by atoms with Gasteiger partial charge in [0.25, 0.3) is 0 Å². The maximum atomic E-state index is 14.7. The van der Waals surface area contributed by atoms with E-state index in [4.69, 9.17) is 23.7 Å². The zero-order valence-electron chi connectivity index (χ0n) is 37.3. The molecule has 3 fully saturated rings. The molecule has 336 valence electrons. The fourth-order valence-corrected chi connectivity index (χ4v) is 9.47. The lowest BCUT2D eigenvalue weighted by Gasteiger charge is -2.48. The minimum atomic E-state index is -1.59. The Labute approximate surface area is 357 Å². The van der Waals surface area contributed by atoms with Gasteiger partial charge in [0.15, 0.2) is 12.6 Å². The van der Waals surface area contributed by atoms with Crippen LogP contribution in [0.4, 0.5) is 4.79 Å². The molecule has 14 heteroatoms. The van der Waals surface area contributed by atoms with Crippen LogP contribution in [0.1, 0.15) is 78.9 Å². The third kappa shape index (κ3) is 12.0. The van der Waals surface area contributed by atoms with Crippen LogP contribution in [0.5, 0.6) is 0 Å². The number of benzene rings is 2. The average molecular weight is 841 g/mol. The molecular weight excluding hydrogens is 769 g/mol. The fourth-order valence-electron chi connectivity index (χ4n) is 9.47. The molecule has 0 spiro atoms. The number of amides is 3. The fraction of sp³-hybridized carbons (Fsp3) is 0.696. The minimum absolute atomic E-state index is 0.168. The molecule has 3 saturated heterocycles. The highest BCUT2D eigenvalue weighted by molar-refractivity contribution is 5.79. The lowest BCUT2D eigenvalue weighted by atomic mass is 9.77. The van der Waals surface area contributed by atoms with E-state index < -0.39 is 72.2 Å². The molecule has 60 heavy (non-hydrogen) atoms. The van der Waals surface area contributed by atoms with Crippen molar-refractivity contribution in [2.75, 3.05) is 34.3 Å². The zero-order valence-corrected chi connectivity index (χ0v) is 37.3. The number of ether oxygens (including phenoxy) is 5. The SMILES string of the molecule is COC1(C)C[C@H](OC2C(C)[C@@H](OC3OC(C)CC(N(C)C)[C@H]3O)[C@](C)(O)C[C@@H](C)CN(C(=O)NCc3ccccc3)CC(Cc3ccccc3)NC(=O)[C@@H]2C)OC(C)[C@@H]1O. The quantitative estimate of drug-likeness (QED) is 0.234. The average Bonchev–Trinajstić information content (AvgIpc) is 3.20. The Morgan fingerprint density at radius 3 is 2.18 bits per heavy atom. The summed E-state index contributed by atoms with van der Waals surface area (Å²) in [5, 5.41) is 41.8. The number of methoxy groups -OCH3 is 1. The van der Waals surface area contributed by atoms with Crippen molar-refractivity contribution >= 4 is 11.9 Å². The molecule has 0 radical (unpaired) electrons. The van der Waals surface area contributed by atoms with Crippen molar-refractivity contribution in [1.82, 2.24) is 20.4 Å². The minimum Gasteiger partial charge on any atom is -0.387 e. The summed E-state index contributed by atoms with van der Waals surface area (Å²) < 4.78 is 32.0. The van der Waals surface area contributed by atoms with E-state index in [0.717, 1.165) is 11.1 Å².